The Morgan fingerprint density at radius 3 is 2.83 bits per heavy atom. The zero-order chi connectivity index (χ0) is 20.4. The number of H-pyrrole nitrogens is 1. The SMILES string of the molecule is COCCCN1CC2(CCC1=O)CCN(C(=O)c1n[nH]c3c1CC(C)CC3)CC2. The van der Waals surface area contributed by atoms with Crippen LogP contribution in [0.1, 0.15) is 67.2 Å². The summed E-state index contributed by atoms with van der Waals surface area (Å²) in [5.74, 6) is 0.956. The minimum Gasteiger partial charge on any atom is -0.385 e. The Morgan fingerprint density at radius 2 is 2.07 bits per heavy atom. The number of ether oxygens (including phenoxy) is 1. The van der Waals surface area contributed by atoms with Gasteiger partial charge in [0.1, 0.15) is 0 Å². The second-order valence-electron chi connectivity index (χ2n) is 9.33. The van der Waals surface area contributed by atoms with Crippen LogP contribution < -0.4 is 0 Å². The standard InChI is InChI=1S/C22H34N4O3/c1-16-4-5-18-17(14-16)20(24-23-18)21(28)25-11-8-22(9-12-25)7-6-19(27)26(15-22)10-3-13-29-2/h16H,3-15H2,1-2H3,(H,23,24). The smallest absolute Gasteiger partial charge is 0.274 e. The maximum Gasteiger partial charge on any atom is 0.274 e. The highest BCUT2D eigenvalue weighted by molar-refractivity contribution is 5.94. The maximum atomic E-state index is 13.2. The Hall–Kier alpha value is -1.89. The van der Waals surface area contributed by atoms with Crippen molar-refractivity contribution in [3.05, 3.63) is 17.0 Å². The largest absolute Gasteiger partial charge is 0.385 e. The van der Waals surface area contributed by atoms with Crippen LogP contribution in [0.2, 0.25) is 0 Å². The number of hydrogen-bond donors (Lipinski definition) is 1. The van der Waals surface area contributed by atoms with Gasteiger partial charge in [-0.25, -0.2) is 0 Å². The van der Waals surface area contributed by atoms with E-state index in [1.807, 2.05) is 9.80 Å². The first kappa shape index (κ1) is 20.4. The molecule has 0 aromatic carbocycles. The quantitative estimate of drug-likeness (QED) is 0.767. The number of amides is 2. The van der Waals surface area contributed by atoms with E-state index >= 15 is 0 Å². The van der Waals surface area contributed by atoms with Gasteiger partial charge in [-0.15, -0.1) is 0 Å². The van der Waals surface area contributed by atoms with Crippen LogP contribution >= 0.6 is 0 Å². The van der Waals surface area contributed by atoms with Gasteiger partial charge in [0.25, 0.3) is 5.91 Å². The van der Waals surface area contributed by atoms with E-state index in [1.54, 1.807) is 7.11 Å². The number of aromatic amines is 1. The van der Waals surface area contributed by atoms with Gasteiger partial charge in [0.15, 0.2) is 5.69 Å². The van der Waals surface area contributed by atoms with Crippen molar-refractivity contribution in [3.63, 3.8) is 0 Å². The Balaban J connectivity index is 1.37. The summed E-state index contributed by atoms with van der Waals surface area (Å²) in [5.41, 5.74) is 3.10. The fraction of sp³-hybridized carbons (Fsp3) is 0.773. The number of piperidine rings is 2. The molecule has 1 aromatic heterocycles. The Kier molecular flexibility index (Phi) is 5.95. The van der Waals surface area contributed by atoms with E-state index < -0.39 is 0 Å². The van der Waals surface area contributed by atoms with E-state index in [2.05, 4.69) is 17.1 Å². The second kappa shape index (κ2) is 8.46. The summed E-state index contributed by atoms with van der Waals surface area (Å²) in [6.45, 7) is 6.05. The van der Waals surface area contributed by atoms with Crippen LogP contribution in [-0.2, 0) is 22.4 Å². The van der Waals surface area contributed by atoms with Gasteiger partial charge in [-0.1, -0.05) is 6.92 Å². The molecule has 29 heavy (non-hydrogen) atoms. The summed E-state index contributed by atoms with van der Waals surface area (Å²) in [6.07, 6.45) is 7.50. The number of rotatable bonds is 5. The first-order valence-corrected chi connectivity index (χ1v) is 11.1. The van der Waals surface area contributed by atoms with E-state index in [0.29, 0.717) is 24.6 Å². The van der Waals surface area contributed by atoms with Crippen molar-refractivity contribution < 1.29 is 14.3 Å². The highest BCUT2D eigenvalue weighted by Gasteiger charge is 2.42. The molecule has 160 valence electrons. The third kappa shape index (κ3) is 4.20. The monoisotopic (exact) mass is 402 g/mol. The molecule has 2 fully saturated rings. The lowest BCUT2D eigenvalue weighted by atomic mass is 9.72. The topological polar surface area (TPSA) is 78.5 Å². The fourth-order valence-corrected chi connectivity index (χ4v) is 5.29. The Bertz CT molecular complexity index is 751. The van der Waals surface area contributed by atoms with Gasteiger partial charge in [0, 0.05) is 57.6 Å². The minimum atomic E-state index is 0.0790. The lowest BCUT2D eigenvalue weighted by molar-refractivity contribution is -0.139. The number of carbonyl (C=O) groups excluding carboxylic acids is 2. The van der Waals surface area contributed by atoms with Crippen LogP contribution in [0.3, 0.4) is 0 Å². The minimum absolute atomic E-state index is 0.0790. The number of nitrogens with zero attached hydrogens (tertiary/aromatic N) is 3. The average Bonchev–Trinajstić information content (AvgIpc) is 3.14. The normalized spacial score (nSPS) is 24.1. The van der Waals surface area contributed by atoms with E-state index in [0.717, 1.165) is 82.4 Å². The zero-order valence-corrected chi connectivity index (χ0v) is 17.8. The summed E-state index contributed by atoms with van der Waals surface area (Å²) < 4.78 is 5.14. The van der Waals surface area contributed by atoms with E-state index in [9.17, 15) is 9.59 Å². The van der Waals surface area contributed by atoms with Crippen LogP contribution in [0.4, 0.5) is 0 Å². The van der Waals surface area contributed by atoms with Crippen LogP contribution in [0.15, 0.2) is 0 Å². The number of nitrogens with one attached hydrogen (secondary N) is 1. The number of hydrogen-bond acceptors (Lipinski definition) is 4. The van der Waals surface area contributed by atoms with Crippen LogP contribution in [0.5, 0.6) is 0 Å². The van der Waals surface area contributed by atoms with Crippen molar-refractivity contribution in [1.82, 2.24) is 20.0 Å². The summed E-state index contributed by atoms with van der Waals surface area (Å²) >= 11 is 0. The molecule has 2 amide bonds. The summed E-state index contributed by atoms with van der Waals surface area (Å²) in [6, 6.07) is 0. The Labute approximate surface area is 173 Å². The lowest BCUT2D eigenvalue weighted by Crippen LogP contribution is -2.52. The first-order chi connectivity index (χ1) is 14.0. The number of carbonyl (C=O) groups is 2. The number of aryl methyl sites for hydroxylation is 1. The van der Waals surface area contributed by atoms with Gasteiger partial charge in [-0.05, 0) is 56.3 Å². The van der Waals surface area contributed by atoms with Gasteiger partial charge >= 0.3 is 0 Å². The summed E-state index contributed by atoms with van der Waals surface area (Å²) in [5, 5.41) is 7.50. The molecule has 7 heteroatoms. The van der Waals surface area contributed by atoms with Crippen molar-refractivity contribution in [2.75, 3.05) is 39.9 Å². The van der Waals surface area contributed by atoms with Gasteiger partial charge < -0.3 is 14.5 Å². The van der Waals surface area contributed by atoms with Crippen molar-refractivity contribution in [2.24, 2.45) is 11.3 Å². The van der Waals surface area contributed by atoms with Gasteiger partial charge in [-0.2, -0.15) is 5.10 Å². The maximum absolute atomic E-state index is 13.2. The van der Waals surface area contributed by atoms with E-state index in [1.165, 1.54) is 0 Å². The molecule has 1 N–H and O–H groups in total. The molecule has 0 saturated carbocycles. The molecule has 1 aromatic rings. The molecular formula is C22H34N4O3. The third-order valence-corrected chi connectivity index (χ3v) is 7.23. The molecule has 3 heterocycles. The van der Waals surface area contributed by atoms with Gasteiger partial charge in [0.05, 0.1) is 0 Å². The summed E-state index contributed by atoms with van der Waals surface area (Å²) in [7, 11) is 1.70. The molecule has 1 spiro atoms. The van der Waals surface area contributed by atoms with Crippen LogP contribution in [0, 0.1) is 11.3 Å². The molecule has 1 aliphatic carbocycles. The molecule has 0 radical (unpaired) electrons. The molecule has 1 unspecified atom stereocenters. The average molecular weight is 403 g/mol. The molecular weight excluding hydrogens is 368 g/mol. The second-order valence-corrected chi connectivity index (χ2v) is 9.33. The van der Waals surface area contributed by atoms with Crippen molar-refractivity contribution in [1.29, 1.82) is 0 Å². The van der Waals surface area contributed by atoms with Crippen molar-refractivity contribution in [3.8, 4) is 0 Å². The molecule has 1 atom stereocenters. The van der Waals surface area contributed by atoms with Crippen LogP contribution in [0.25, 0.3) is 0 Å². The highest BCUT2D eigenvalue weighted by Crippen LogP contribution is 2.40. The van der Waals surface area contributed by atoms with Crippen molar-refractivity contribution >= 4 is 11.8 Å². The van der Waals surface area contributed by atoms with Gasteiger partial charge in [0.2, 0.25) is 5.91 Å². The van der Waals surface area contributed by atoms with E-state index in [-0.39, 0.29) is 17.2 Å². The summed E-state index contributed by atoms with van der Waals surface area (Å²) in [4.78, 5) is 29.5. The van der Waals surface area contributed by atoms with Gasteiger partial charge in [-0.3, -0.25) is 14.7 Å². The zero-order valence-electron chi connectivity index (χ0n) is 17.8. The number of likely N-dealkylation sites (tertiary alicyclic amines) is 2. The van der Waals surface area contributed by atoms with Crippen LogP contribution in [-0.4, -0.2) is 71.7 Å². The number of methoxy groups -OCH3 is 1. The fourth-order valence-electron chi connectivity index (χ4n) is 5.29. The first-order valence-electron chi connectivity index (χ1n) is 11.1. The van der Waals surface area contributed by atoms with Crippen molar-refractivity contribution in [2.45, 2.75) is 58.3 Å². The van der Waals surface area contributed by atoms with E-state index in [4.69, 9.17) is 4.74 Å². The third-order valence-electron chi connectivity index (χ3n) is 7.23. The Morgan fingerprint density at radius 1 is 1.28 bits per heavy atom. The molecule has 3 aliphatic rings. The molecule has 0 bridgehead atoms. The number of aromatic nitrogens is 2. The highest BCUT2D eigenvalue weighted by atomic mass is 16.5. The molecule has 2 saturated heterocycles. The molecule has 2 aliphatic heterocycles. The molecule has 4 rings (SSSR count). The number of fused-ring (bicyclic) bond motifs is 1. The predicted molar refractivity (Wildman–Crippen MR) is 110 cm³/mol. The lowest BCUT2D eigenvalue weighted by Gasteiger charge is -2.47. The molecule has 7 nitrogen and oxygen atoms in total. The predicted octanol–water partition coefficient (Wildman–Crippen LogP) is 2.42.